The summed E-state index contributed by atoms with van der Waals surface area (Å²) in [5, 5.41) is 4.57. The Labute approximate surface area is 131 Å². The molecule has 2 rings (SSSR count). The molecule has 0 aliphatic carbocycles. The minimum atomic E-state index is -0.647. The zero-order chi connectivity index (χ0) is 16.1. The van der Waals surface area contributed by atoms with Gasteiger partial charge in [0.1, 0.15) is 6.04 Å². The number of carbonyl (C=O) groups is 1. The molecule has 1 aromatic heterocycles. The van der Waals surface area contributed by atoms with Crippen LogP contribution in [0.5, 0.6) is 0 Å². The summed E-state index contributed by atoms with van der Waals surface area (Å²) in [6, 6.07) is 9.51. The maximum absolute atomic E-state index is 11.7. The van der Waals surface area contributed by atoms with Crippen LogP contribution in [0, 0.1) is 13.8 Å². The lowest BCUT2D eigenvalue weighted by Gasteiger charge is -2.11. The molecule has 0 aliphatic heterocycles. The van der Waals surface area contributed by atoms with Crippen LogP contribution in [0.1, 0.15) is 29.4 Å². The molecule has 1 unspecified atom stereocenters. The number of ether oxygens (including phenoxy) is 1. The van der Waals surface area contributed by atoms with Gasteiger partial charge >= 0.3 is 5.97 Å². The molecule has 0 aliphatic rings. The Morgan fingerprint density at radius 3 is 2.64 bits per heavy atom. The molecule has 1 atom stereocenters. The average Bonchev–Trinajstić information content (AvgIpc) is 2.76. The van der Waals surface area contributed by atoms with Crippen LogP contribution in [-0.4, -0.2) is 28.4 Å². The Kier molecular flexibility index (Phi) is 5.33. The van der Waals surface area contributed by atoms with Crippen LogP contribution in [-0.2, 0) is 22.5 Å². The van der Waals surface area contributed by atoms with Gasteiger partial charge in [0, 0.05) is 12.1 Å². The van der Waals surface area contributed by atoms with Crippen molar-refractivity contribution in [3.05, 3.63) is 52.8 Å². The molecule has 1 heterocycles. The van der Waals surface area contributed by atoms with Gasteiger partial charge in [-0.1, -0.05) is 30.3 Å². The number of carbonyl (C=O) groups excluding carboxylic acids is 1. The molecule has 1 aromatic carbocycles. The lowest BCUT2D eigenvalue weighted by atomic mass is 10.0. The van der Waals surface area contributed by atoms with Crippen LogP contribution in [0.3, 0.4) is 0 Å². The van der Waals surface area contributed by atoms with Gasteiger partial charge in [0.15, 0.2) is 0 Å². The first-order valence-corrected chi connectivity index (χ1v) is 7.52. The van der Waals surface area contributed by atoms with Gasteiger partial charge in [-0.3, -0.25) is 9.48 Å². The number of rotatable bonds is 6. The third kappa shape index (κ3) is 3.74. The third-order valence-electron chi connectivity index (χ3n) is 3.72. The van der Waals surface area contributed by atoms with Crippen molar-refractivity contribution < 1.29 is 9.53 Å². The monoisotopic (exact) mass is 301 g/mol. The molecule has 5 nitrogen and oxygen atoms in total. The molecule has 0 saturated carbocycles. The Morgan fingerprint density at radius 1 is 1.32 bits per heavy atom. The highest BCUT2D eigenvalue weighted by molar-refractivity contribution is 5.76. The Balaban J connectivity index is 2.15. The van der Waals surface area contributed by atoms with Gasteiger partial charge < -0.3 is 10.5 Å². The van der Waals surface area contributed by atoms with Crippen LogP contribution >= 0.6 is 0 Å². The van der Waals surface area contributed by atoms with E-state index in [0.29, 0.717) is 19.6 Å². The minimum absolute atomic E-state index is 0.345. The highest BCUT2D eigenvalue weighted by Crippen LogP contribution is 2.16. The van der Waals surface area contributed by atoms with E-state index in [1.54, 1.807) is 6.92 Å². The molecule has 118 valence electrons. The molecule has 0 radical (unpaired) electrons. The standard InChI is InChI=1S/C17H23N3O2/c1-4-22-17(21)16(18)10-15-12(2)19-20(13(15)3)11-14-8-6-5-7-9-14/h5-9,16H,4,10-11,18H2,1-3H3. The van der Waals surface area contributed by atoms with Gasteiger partial charge in [0.25, 0.3) is 0 Å². The third-order valence-corrected chi connectivity index (χ3v) is 3.72. The zero-order valence-electron chi connectivity index (χ0n) is 13.4. The van der Waals surface area contributed by atoms with Crippen molar-refractivity contribution in [1.29, 1.82) is 0 Å². The summed E-state index contributed by atoms with van der Waals surface area (Å²) in [4.78, 5) is 11.7. The topological polar surface area (TPSA) is 70.1 Å². The van der Waals surface area contributed by atoms with Crippen molar-refractivity contribution in [3.63, 3.8) is 0 Å². The van der Waals surface area contributed by atoms with Gasteiger partial charge in [-0.05, 0) is 31.9 Å². The van der Waals surface area contributed by atoms with Crippen molar-refractivity contribution in [2.24, 2.45) is 5.73 Å². The van der Waals surface area contributed by atoms with E-state index in [1.807, 2.05) is 36.7 Å². The second-order valence-electron chi connectivity index (χ2n) is 5.36. The molecular weight excluding hydrogens is 278 g/mol. The van der Waals surface area contributed by atoms with E-state index in [9.17, 15) is 4.79 Å². The second-order valence-corrected chi connectivity index (χ2v) is 5.36. The summed E-state index contributed by atoms with van der Waals surface area (Å²) in [5.74, 6) is -0.364. The lowest BCUT2D eigenvalue weighted by molar-refractivity contribution is -0.144. The molecule has 2 aromatic rings. The summed E-state index contributed by atoms with van der Waals surface area (Å²) in [6.45, 7) is 6.79. The zero-order valence-corrected chi connectivity index (χ0v) is 13.4. The number of hydrogen-bond donors (Lipinski definition) is 1. The van der Waals surface area contributed by atoms with Gasteiger partial charge in [-0.15, -0.1) is 0 Å². The van der Waals surface area contributed by atoms with Crippen LogP contribution < -0.4 is 5.73 Å². The van der Waals surface area contributed by atoms with Crippen molar-refractivity contribution in [3.8, 4) is 0 Å². The number of nitrogens with two attached hydrogens (primary N) is 1. The summed E-state index contributed by atoms with van der Waals surface area (Å²) < 4.78 is 6.92. The lowest BCUT2D eigenvalue weighted by Crippen LogP contribution is -2.34. The molecule has 0 bridgehead atoms. The predicted octanol–water partition coefficient (Wildman–Crippen LogP) is 1.98. The van der Waals surface area contributed by atoms with Crippen LogP contribution in [0.15, 0.2) is 30.3 Å². The van der Waals surface area contributed by atoms with E-state index in [1.165, 1.54) is 5.56 Å². The quantitative estimate of drug-likeness (QED) is 0.828. The molecular formula is C17H23N3O2. The molecule has 0 amide bonds. The number of benzene rings is 1. The van der Waals surface area contributed by atoms with E-state index in [4.69, 9.17) is 10.5 Å². The van der Waals surface area contributed by atoms with Gasteiger partial charge in [-0.25, -0.2) is 0 Å². The second kappa shape index (κ2) is 7.22. The highest BCUT2D eigenvalue weighted by Gasteiger charge is 2.20. The van der Waals surface area contributed by atoms with Gasteiger partial charge in [-0.2, -0.15) is 5.10 Å². The predicted molar refractivity (Wildman–Crippen MR) is 85.6 cm³/mol. The van der Waals surface area contributed by atoms with Gasteiger partial charge in [0.05, 0.1) is 18.8 Å². The van der Waals surface area contributed by atoms with E-state index < -0.39 is 6.04 Å². The van der Waals surface area contributed by atoms with E-state index >= 15 is 0 Å². The first-order chi connectivity index (χ1) is 10.5. The summed E-state index contributed by atoms with van der Waals surface area (Å²) >= 11 is 0. The Hall–Kier alpha value is -2.14. The van der Waals surface area contributed by atoms with Crippen molar-refractivity contribution in [2.45, 2.75) is 39.8 Å². The Morgan fingerprint density at radius 2 is 2.00 bits per heavy atom. The fraction of sp³-hybridized carbons (Fsp3) is 0.412. The average molecular weight is 301 g/mol. The van der Waals surface area contributed by atoms with Crippen LogP contribution in [0.4, 0.5) is 0 Å². The first-order valence-electron chi connectivity index (χ1n) is 7.52. The minimum Gasteiger partial charge on any atom is -0.465 e. The van der Waals surface area contributed by atoms with Crippen molar-refractivity contribution >= 4 is 5.97 Å². The van der Waals surface area contributed by atoms with Crippen LogP contribution in [0.2, 0.25) is 0 Å². The van der Waals surface area contributed by atoms with Crippen molar-refractivity contribution in [2.75, 3.05) is 6.61 Å². The number of esters is 1. The fourth-order valence-electron chi connectivity index (χ4n) is 2.49. The van der Waals surface area contributed by atoms with Gasteiger partial charge in [0.2, 0.25) is 0 Å². The number of nitrogens with zero attached hydrogens (tertiary/aromatic N) is 2. The number of aromatic nitrogens is 2. The summed E-state index contributed by atoms with van der Waals surface area (Å²) in [6.07, 6.45) is 0.450. The van der Waals surface area contributed by atoms with Crippen LogP contribution in [0.25, 0.3) is 0 Å². The molecule has 22 heavy (non-hydrogen) atoms. The Bertz CT molecular complexity index is 635. The maximum atomic E-state index is 11.7. The molecule has 2 N–H and O–H groups in total. The van der Waals surface area contributed by atoms with E-state index in [-0.39, 0.29) is 5.97 Å². The summed E-state index contributed by atoms with van der Waals surface area (Å²) in [5.41, 5.74) is 10.1. The number of aryl methyl sites for hydroxylation is 1. The fourth-order valence-corrected chi connectivity index (χ4v) is 2.49. The largest absolute Gasteiger partial charge is 0.465 e. The van der Waals surface area contributed by atoms with E-state index in [0.717, 1.165) is 17.0 Å². The number of hydrogen-bond acceptors (Lipinski definition) is 4. The molecule has 0 spiro atoms. The molecule has 5 heteroatoms. The smallest absolute Gasteiger partial charge is 0.323 e. The van der Waals surface area contributed by atoms with Crippen molar-refractivity contribution in [1.82, 2.24) is 9.78 Å². The summed E-state index contributed by atoms with van der Waals surface area (Å²) in [7, 11) is 0. The SMILES string of the molecule is CCOC(=O)C(N)Cc1c(C)nn(Cc2ccccc2)c1C. The molecule has 0 fully saturated rings. The molecule has 0 saturated heterocycles. The first kappa shape index (κ1) is 16.2. The highest BCUT2D eigenvalue weighted by atomic mass is 16.5. The van der Waals surface area contributed by atoms with E-state index in [2.05, 4.69) is 17.2 Å². The maximum Gasteiger partial charge on any atom is 0.323 e. The normalized spacial score (nSPS) is 12.2.